The first-order valence-corrected chi connectivity index (χ1v) is 12.4. The summed E-state index contributed by atoms with van der Waals surface area (Å²) in [6.07, 6.45) is 2.32. The maximum Gasteiger partial charge on any atom is 0.269 e. The number of likely N-dealkylation sites (tertiary alicyclic amines) is 1. The van der Waals surface area contributed by atoms with Gasteiger partial charge in [0.2, 0.25) is 10.8 Å². The van der Waals surface area contributed by atoms with Crippen LogP contribution in [-0.4, -0.2) is 41.7 Å². The van der Waals surface area contributed by atoms with Gasteiger partial charge in [-0.1, -0.05) is 31.2 Å². The third-order valence-electron chi connectivity index (χ3n) is 7.29. The number of anilines is 2. The predicted molar refractivity (Wildman–Crippen MR) is 131 cm³/mol. The molecule has 0 aromatic heterocycles. The maximum absolute atomic E-state index is 14.2. The lowest BCUT2D eigenvalue weighted by Gasteiger charge is -2.36. The first-order chi connectivity index (χ1) is 15.3. The highest BCUT2D eigenvalue weighted by atomic mass is 32.2. The number of amides is 2. The number of carbonyl (C=O) groups is 2. The van der Waals surface area contributed by atoms with Gasteiger partial charge in [-0.3, -0.25) is 24.3 Å². The molecule has 3 aliphatic heterocycles. The Kier molecular flexibility index (Phi) is 5.33. The van der Waals surface area contributed by atoms with Crippen molar-refractivity contribution in [1.82, 2.24) is 4.90 Å². The van der Waals surface area contributed by atoms with Crippen molar-refractivity contribution < 1.29 is 9.59 Å². The zero-order chi connectivity index (χ0) is 22.6. The molecular weight excluding hydrogens is 418 g/mol. The van der Waals surface area contributed by atoms with Crippen molar-refractivity contribution in [3.8, 4) is 0 Å². The maximum atomic E-state index is 14.2. The smallest absolute Gasteiger partial charge is 0.269 e. The van der Waals surface area contributed by atoms with Gasteiger partial charge in [-0.05, 0) is 68.9 Å². The van der Waals surface area contributed by atoms with E-state index in [9.17, 15) is 9.59 Å². The third-order valence-corrected chi connectivity index (χ3v) is 8.77. The standard InChI is InChI=1S/C26H31N3O2S/c1-17-11-13-27(14-12-17)16-28-23-8-6-5-7-22(23)26(25(28)31)29(24(30)20(4)32-26)21-10-9-18(2)19(3)15-21/h5-10,15,17,20H,11-14,16H2,1-4H3. The number of hydrogen-bond acceptors (Lipinski definition) is 4. The van der Waals surface area contributed by atoms with Crippen LogP contribution in [0.2, 0.25) is 0 Å². The molecule has 32 heavy (non-hydrogen) atoms. The van der Waals surface area contributed by atoms with Crippen LogP contribution in [0.4, 0.5) is 11.4 Å². The molecule has 2 aromatic rings. The van der Waals surface area contributed by atoms with Crippen molar-refractivity contribution in [2.24, 2.45) is 5.92 Å². The lowest BCUT2D eigenvalue weighted by molar-refractivity contribution is -0.124. The van der Waals surface area contributed by atoms with Crippen LogP contribution in [-0.2, 0) is 14.5 Å². The Morgan fingerprint density at radius 2 is 1.72 bits per heavy atom. The highest BCUT2D eigenvalue weighted by Crippen LogP contribution is 2.57. The first-order valence-electron chi connectivity index (χ1n) is 11.6. The van der Waals surface area contributed by atoms with Gasteiger partial charge in [-0.25, -0.2) is 0 Å². The molecule has 6 heteroatoms. The Morgan fingerprint density at radius 1 is 1.00 bits per heavy atom. The second-order valence-corrected chi connectivity index (χ2v) is 11.1. The van der Waals surface area contributed by atoms with E-state index < -0.39 is 4.87 Å². The van der Waals surface area contributed by atoms with Crippen LogP contribution in [0.1, 0.15) is 43.4 Å². The summed E-state index contributed by atoms with van der Waals surface area (Å²) >= 11 is 1.48. The zero-order valence-electron chi connectivity index (χ0n) is 19.3. The number of hydrogen-bond donors (Lipinski definition) is 0. The van der Waals surface area contributed by atoms with Gasteiger partial charge in [0, 0.05) is 24.3 Å². The lowest BCUT2D eigenvalue weighted by atomic mass is 10.00. The minimum absolute atomic E-state index is 0.00162. The Balaban J connectivity index is 1.59. The Bertz CT molecular complexity index is 1080. The Morgan fingerprint density at radius 3 is 2.44 bits per heavy atom. The highest BCUT2D eigenvalue weighted by molar-refractivity contribution is 8.03. The molecule has 2 aromatic carbocycles. The van der Waals surface area contributed by atoms with E-state index in [0.29, 0.717) is 6.67 Å². The number of aryl methyl sites for hydroxylation is 2. The molecule has 2 atom stereocenters. The number of thioether (sulfide) groups is 1. The van der Waals surface area contributed by atoms with E-state index in [1.807, 2.05) is 54.3 Å². The van der Waals surface area contributed by atoms with Gasteiger partial charge in [0.25, 0.3) is 5.91 Å². The third kappa shape index (κ3) is 3.19. The van der Waals surface area contributed by atoms with E-state index >= 15 is 0 Å². The minimum atomic E-state index is -1.04. The summed E-state index contributed by atoms with van der Waals surface area (Å²) in [7, 11) is 0. The van der Waals surface area contributed by atoms with Crippen molar-refractivity contribution in [3.05, 3.63) is 59.2 Å². The quantitative estimate of drug-likeness (QED) is 0.684. The molecule has 3 aliphatic rings. The Labute approximate surface area is 194 Å². The number of benzene rings is 2. The van der Waals surface area contributed by atoms with Crippen LogP contribution >= 0.6 is 11.8 Å². The molecule has 0 radical (unpaired) electrons. The van der Waals surface area contributed by atoms with E-state index in [1.54, 1.807) is 4.90 Å². The van der Waals surface area contributed by atoms with Crippen molar-refractivity contribution in [2.75, 3.05) is 29.6 Å². The molecule has 1 spiro atoms. The largest absolute Gasteiger partial charge is 0.295 e. The molecule has 2 amide bonds. The minimum Gasteiger partial charge on any atom is -0.295 e. The molecule has 5 rings (SSSR count). The summed E-state index contributed by atoms with van der Waals surface area (Å²) in [6, 6.07) is 14.1. The van der Waals surface area contributed by atoms with Gasteiger partial charge in [0.15, 0.2) is 0 Å². The number of para-hydroxylation sites is 1. The zero-order valence-corrected chi connectivity index (χ0v) is 20.1. The van der Waals surface area contributed by atoms with Crippen LogP contribution in [0, 0.1) is 19.8 Å². The second kappa shape index (κ2) is 7.92. The van der Waals surface area contributed by atoms with E-state index in [4.69, 9.17) is 0 Å². The van der Waals surface area contributed by atoms with Crippen LogP contribution in [0.25, 0.3) is 0 Å². The number of nitrogens with zero attached hydrogens (tertiary/aromatic N) is 3. The van der Waals surface area contributed by atoms with Crippen molar-refractivity contribution in [1.29, 1.82) is 0 Å². The van der Waals surface area contributed by atoms with Gasteiger partial charge in [0.05, 0.1) is 17.6 Å². The number of fused-ring (bicyclic) bond motifs is 2. The number of piperidine rings is 1. The van der Waals surface area contributed by atoms with Gasteiger partial charge >= 0.3 is 0 Å². The molecule has 2 unspecified atom stereocenters. The summed E-state index contributed by atoms with van der Waals surface area (Å²) in [6.45, 7) is 10.9. The molecular formula is C26H31N3O2S. The SMILES string of the molecule is Cc1ccc(N2C(=O)C(C)SC23C(=O)N(CN2CCC(C)CC2)c2ccccc23)cc1C. The van der Waals surface area contributed by atoms with Crippen molar-refractivity contribution in [2.45, 2.75) is 50.7 Å². The topological polar surface area (TPSA) is 43.9 Å². The van der Waals surface area contributed by atoms with E-state index in [2.05, 4.69) is 25.7 Å². The number of carbonyl (C=O) groups excluding carboxylic acids is 2. The fourth-order valence-corrected chi connectivity index (χ4v) is 6.68. The average Bonchev–Trinajstić information content (AvgIpc) is 3.18. The van der Waals surface area contributed by atoms with Crippen LogP contribution in [0.15, 0.2) is 42.5 Å². The van der Waals surface area contributed by atoms with Crippen LogP contribution < -0.4 is 9.80 Å². The molecule has 2 fully saturated rings. The molecule has 5 nitrogen and oxygen atoms in total. The molecule has 0 N–H and O–H groups in total. The van der Waals surface area contributed by atoms with Gasteiger partial charge < -0.3 is 0 Å². The monoisotopic (exact) mass is 449 g/mol. The van der Waals surface area contributed by atoms with Crippen LogP contribution in [0.3, 0.4) is 0 Å². The lowest BCUT2D eigenvalue weighted by Crippen LogP contribution is -2.52. The van der Waals surface area contributed by atoms with Gasteiger partial charge in [-0.15, -0.1) is 11.8 Å². The molecule has 3 heterocycles. The van der Waals surface area contributed by atoms with Crippen molar-refractivity contribution >= 4 is 35.0 Å². The van der Waals surface area contributed by atoms with E-state index in [0.717, 1.165) is 54.4 Å². The predicted octanol–water partition coefficient (Wildman–Crippen LogP) is 4.66. The summed E-state index contributed by atoms with van der Waals surface area (Å²) in [5.41, 5.74) is 4.95. The molecule has 0 aliphatic carbocycles. The fourth-order valence-electron chi connectivity index (χ4n) is 5.15. The average molecular weight is 450 g/mol. The normalized spacial score (nSPS) is 26.4. The summed E-state index contributed by atoms with van der Waals surface area (Å²) in [5.74, 6) is 0.733. The van der Waals surface area contributed by atoms with Gasteiger partial charge in [0.1, 0.15) is 0 Å². The summed E-state index contributed by atoms with van der Waals surface area (Å²) < 4.78 is 0. The Hall–Kier alpha value is -2.31. The summed E-state index contributed by atoms with van der Waals surface area (Å²) in [4.78, 5) is 32.7. The van der Waals surface area contributed by atoms with Crippen molar-refractivity contribution in [3.63, 3.8) is 0 Å². The molecule has 2 saturated heterocycles. The molecule has 168 valence electrons. The second-order valence-electron chi connectivity index (χ2n) is 9.54. The van der Waals surface area contributed by atoms with E-state index in [-0.39, 0.29) is 17.1 Å². The van der Waals surface area contributed by atoms with E-state index in [1.165, 1.54) is 17.3 Å². The number of rotatable bonds is 3. The fraction of sp³-hybridized carbons (Fsp3) is 0.462. The summed E-state index contributed by atoms with van der Waals surface area (Å²) in [5, 5.41) is -0.288. The van der Waals surface area contributed by atoms with Gasteiger partial charge in [-0.2, -0.15) is 0 Å². The molecule has 0 saturated carbocycles. The van der Waals surface area contributed by atoms with Crippen LogP contribution in [0.5, 0.6) is 0 Å². The highest BCUT2D eigenvalue weighted by Gasteiger charge is 2.63. The molecule has 0 bridgehead atoms. The first kappa shape index (κ1) is 21.5.